The average Bonchev–Trinajstić information content (AvgIpc) is 3.34. The van der Waals surface area contributed by atoms with E-state index in [9.17, 15) is 10.1 Å². The summed E-state index contributed by atoms with van der Waals surface area (Å²) in [5.41, 5.74) is 2.59. The van der Waals surface area contributed by atoms with Gasteiger partial charge in [0.2, 0.25) is 6.23 Å². The van der Waals surface area contributed by atoms with Crippen molar-refractivity contribution in [3.05, 3.63) is 92.4 Å². The highest BCUT2D eigenvalue weighted by Gasteiger charge is 2.41. The van der Waals surface area contributed by atoms with Crippen LogP contribution in [0.4, 0.5) is 5.69 Å². The van der Waals surface area contributed by atoms with Gasteiger partial charge in [-0.3, -0.25) is 10.1 Å². The van der Waals surface area contributed by atoms with Gasteiger partial charge in [-0.15, -0.1) is 0 Å². The first kappa shape index (κ1) is 17.8. The maximum absolute atomic E-state index is 11.0. The number of hydrogen-bond acceptors (Lipinski definition) is 6. The Morgan fingerprint density at radius 2 is 1.97 bits per heavy atom. The third kappa shape index (κ3) is 3.03. The van der Waals surface area contributed by atoms with Crippen LogP contribution in [0.5, 0.6) is 5.75 Å². The Balaban J connectivity index is 1.58. The number of nitro benzene ring substituents is 1. The summed E-state index contributed by atoms with van der Waals surface area (Å²) < 4.78 is 12.0. The fraction of sp³-hybridized carbons (Fsp3) is 0.190. The van der Waals surface area contributed by atoms with Crippen molar-refractivity contribution < 1.29 is 14.1 Å². The van der Waals surface area contributed by atoms with E-state index < -0.39 is 11.2 Å². The molecular formula is C21H16ClN3O4. The second-order valence-corrected chi connectivity index (χ2v) is 7.49. The van der Waals surface area contributed by atoms with Gasteiger partial charge in [-0.05, 0) is 49.4 Å². The average molecular weight is 410 g/mol. The molecule has 7 nitrogen and oxygen atoms in total. The summed E-state index contributed by atoms with van der Waals surface area (Å²) in [6.45, 7) is 1.89. The molecule has 29 heavy (non-hydrogen) atoms. The molecule has 0 N–H and O–H groups in total. The molecule has 8 heteroatoms. The molecule has 5 rings (SSSR count). The Morgan fingerprint density at radius 3 is 2.66 bits per heavy atom. The monoisotopic (exact) mass is 409 g/mol. The van der Waals surface area contributed by atoms with Crippen LogP contribution in [0.25, 0.3) is 0 Å². The molecule has 2 aliphatic rings. The summed E-state index contributed by atoms with van der Waals surface area (Å²) in [6, 6.07) is 15.6. The first-order valence-corrected chi connectivity index (χ1v) is 9.50. The largest absolute Gasteiger partial charge is 0.464 e. The van der Waals surface area contributed by atoms with Gasteiger partial charge in [0, 0.05) is 34.7 Å². The number of rotatable bonds is 3. The molecule has 2 aliphatic heterocycles. The lowest BCUT2D eigenvalue weighted by atomic mass is 9.97. The van der Waals surface area contributed by atoms with Crippen LogP contribution in [0.15, 0.2) is 64.1 Å². The highest BCUT2D eigenvalue weighted by Crippen LogP contribution is 2.48. The number of nitro groups is 1. The van der Waals surface area contributed by atoms with Gasteiger partial charge in [0.1, 0.15) is 23.0 Å². The van der Waals surface area contributed by atoms with Crippen LogP contribution in [0.3, 0.4) is 0 Å². The van der Waals surface area contributed by atoms with Crippen molar-refractivity contribution in [1.29, 1.82) is 0 Å². The molecule has 2 atom stereocenters. The van der Waals surface area contributed by atoms with Crippen molar-refractivity contribution in [2.75, 3.05) is 0 Å². The van der Waals surface area contributed by atoms with Crippen LogP contribution in [-0.2, 0) is 0 Å². The lowest BCUT2D eigenvalue weighted by Crippen LogP contribution is -2.33. The minimum atomic E-state index is -0.511. The van der Waals surface area contributed by atoms with Crippen LogP contribution in [0.2, 0.25) is 5.02 Å². The van der Waals surface area contributed by atoms with E-state index in [2.05, 4.69) is 0 Å². The molecule has 146 valence electrons. The summed E-state index contributed by atoms with van der Waals surface area (Å²) in [5, 5.41) is 18.3. The molecular weight excluding hydrogens is 394 g/mol. The molecule has 0 amide bonds. The predicted molar refractivity (Wildman–Crippen MR) is 107 cm³/mol. The second kappa shape index (κ2) is 6.63. The van der Waals surface area contributed by atoms with Gasteiger partial charge in [-0.25, -0.2) is 5.01 Å². The third-order valence-electron chi connectivity index (χ3n) is 5.17. The fourth-order valence-electron chi connectivity index (χ4n) is 3.78. The summed E-state index contributed by atoms with van der Waals surface area (Å²) in [7, 11) is 0. The lowest BCUT2D eigenvalue weighted by molar-refractivity contribution is -0.384. The van der Waals surface area contributed by atoms with E-state index in [1.54, 1.807) is 18.2 Å². The number of furan rings is 1. The Kier molecular flexibility index (Phi) is 4.06. The van der Waals surface area contributed by atoms with Crippen molar-refractivity contribution in [1.82, 2.24) is 5.01 Å². The Morgan fingerprint density at radius 1 is 1.17 bits per heavy atom. The van der Waals surface area contributed by atoms with E-state index in [-0.39, 0.29) is 11.7 Å². The summed E-state index contributed by atoms with van der Waals surface area (Å²) in [6.07, 6.45) is 0.135. The van der Waals surface area contributed by atoms with Gasteiger partial charge in [-0.2, -0.15) is 5.10 Å². The summed E-state index contributed by atoms with van der Waals surface area (Å²) >= 11 is 6.23. The van der Waals surface area contributed by atoms with Gasteiger partial charge < -0.3 is 9.15 Å². The molecule has 0 radical (unpaired) electrons. The summed E-state index contributed by atoms with van der Waals surface area (Å²) in [4.78, 5) is 10.6. The smallest absolute Gasteiger partial charge is 0.269 e. The number of non-ortho nitro benzene ring substituents is 1. The minimum Gasteiger partial charge on any atom is -0.464 e. The van der Waals surface area contributed by atoms with Crippen molar-refractivity contribution in [2.45, 2.75) is 25.6 Å². The predicted octanol–water partition coefficient (Wildman–Crippen LogP) is 5.39. The number of fused-ring (bicyclic) bond motifs is 3. The first-order valence-electron chi connectivity index (χ1n) is 9.13. The van der Waals surface area contributed by atoms with Crippen LogP contribution in [-0.4, -0.2) is 15.6 Å². The Labute approximate surface area is 171 Å². The second-order valence-electron chi connectivity index (χ2n) is 7.06. The highest BCUT2D eigenvalue weighted by molar-refractivity contribution is 6.30. The van der Waals surface area contributed by atoms with Crippen molar-refractivity contribution in [3.8, 4) is 5.75 Å². The van der Waals surface area contributed by atoms with E-state index in [1.165, 1.54) is 12.1 Å². The fourth-order valence-corrected chi connectivity index (χ4v) is 3.96. The Hall–Kier alpha value is -3.32. The van der Waals surface area contributed by atoms with Crippen molar-refractivity contribution in [3.63, 3.8) is 0 Å². The molecule has 0 spiro atoms. The van der Waals surface area contributed by atoms with E-state index in [1.807, 2.05) is 36.2 Å². The molecule has 3 aromatic rings. The van der Waals surface area contributed by atoms with Gasteiger partial charge in [0.25, 0.3) is 5.69 Å². The van der Waals surface area contributed by atoms with E-state index >= 15 is 0 Å². The quantitative estimate of drug-likeness (QED) is 0.427. The maximum Gasteiger partial charge on any atom is 0.269 e. The molecule has 0 unspecified atom stereocenters. The third-order valence-corrected chi connectivity index (χ3v) is 5.40. The SMILES string of the molecule is Cc1ccc(C2=NN3[C@@H](c4ccc([N+](=O)[O-])cc4)Oc4ccc(Cl)cc4[C@@H]3C2)o1. The van der Waals surface area contributed by atoms with Gasteiger partial charge in [0.15, 0.2) is 0 Å². The zero-order valence-electron chi connectivity index (χ0n) is 15.4. The zero-order chi connectivity index (χ0) is 20.1. The molecule has 2 aromatic carbocycles. The lowest BCUT2D eigenvalue weighted by Gasteiger charge is -2.38. The van der Waals surface area contributed by atoms with Crippen LogP contribution in [0, 0.1) is 17.0 Å². The number of nitrogens with zero attached hydrogens (tertiary/aromatic N) is 3. The molecule has 1 aromatic heterocycles. The molecule has 0 saturated heterocycles. The minimum absolute atomic E-state index is 0.0324. The summed E-state index contributed by atoms with van der Waals surface area (Å²) in [5.74, 6) is 2.27. The molecule has 0 fully saturated rings. The Bertz CT molecular complexity index is 1140. The van der Waals surface area contributed by atoms with Gasteiger partial charge in [-0.1, -0.05) is 11.6 Å². The number of hydrogen-bond donors (Lipinski definition) is 0. The topological polar surface area (TPSA) is 81.1 Å². The maximum atomic E-state index is 11.0. The number of ether oxygens (including phenoxy) is 1. The molecule has 0 aliphatic carbocycles. The first-order chi connectivity index (χ1) is 14.0. The van der Waals surface area contributed by atoms with E-state index in [0.29, 0.717) is 11.4 Å². The standard InChI is InChI=1S/C21H16ClN3O4/c1-12-2-8-20(28-12)17-11-18-16-10-14(22)5-9-19(16)29-21(24(18)23-17)13-3-6-15(7-4-13)25(26)27/h2-10,18,21H,11H2,1H3/t18-,21+/m0/s1. The highest BCUT2D eigenvalue weighted by atomic mass is 35.5. The van der Waals surface area contributed by atoms with Crippen LogP contribution >= 0.6 is 11.6 Å². The number of hydrazone groups is 1. The number of benzene rings is 2. The van der Waals surface area contributed by atoms with Crippen molar-refractivity contribution in [2.24, 2.45) is 5.10 Å². The van der Waals surface area contributed by atoms with E-state index in [0.717, 1.165) is 34.1 Å². The van der Waals surface area contributed by atoms with Crippen molar-refractivity contribution >= 4 is 23.0 Å². The normalized spacial score (nSPS) is 19.9. The zero-order valence-corrected chi connectivity index (χ0v) is 16.2. The van der Waals surface area contributed by atoms with E-state index in [4.69, 9.17) is 25.9 Å². The van der Waals surface area contributed by atoms with Crippen LogP contribution in [0.1, 0.15) is 41.3 Å². The molecule has 3 heterocycles. The molecule has 0 saturated carbocycles. The molecule has 0 bridgehead atoms. The van der Waals surface area contributed by atoms with Crippen LogP contribution < -0.4 is 4.74 Å². The van der Waals surface area contributed by atoms with Gasteiger partial charge >= 0.3 is 0 Å². The van der Waals surface area contributed by atoms with Gasteiger partial charge in [0.05, 0.1) is 11.0 Å². The number of aryl methyl sites for hydroxylation is 1. The number of halogens is 1.